The maximum Gasteiger partial charge on any atom is 0.254 e. The number of aromatic nitrogens is 3. The number of piperazine rings is 1. The highest BCUT2D eigenvalue weighted by molar-refractivity contribution is 6.06. The summed E-state index contributed by atoms with van der Waals surface area (Å²) in [6, 6.07) is 5.51. The minimum absolute atomic E-state index is 0.0721. The van der Waals surface area contributed by atoms with E-state index in [1.54, 1.807) is 29.5 Å². The van der Waals surface area contributed by atoms with Crippen molar-refractivity contribution in [2.24, 2.45) is 0 Å². The fourth-order valence-corrected chi connectivity index (χ4v) is 3.68. The van der Waals surface area contributed by atoms with Crippen molar-refractivity contribution in [3.8, 4) is 11.5 Å². The first kappa shape index (κ1) is 19.2. The van der Waals surface area contributed by atoms with Gasteiger partial charge in [-0.05, 0) is 32.0 Å². The summed E-state index contributed by atoms with van der Waals surface area (Å²) in [4.78, 5) is 33.6. The van der Waals surface area contributed by atoms with Gasteiger partial charge in [-0.1, -0.05) is 6.92 Å². The van der Waals surface area contributed by atoms with E-state index in [0.29, 0.717) is 55.3 Å². The molecule has 3 aromatic rings. The van der Waals surface area contributed by atoms with Gasteiger partial charge in [0.05, 0.1) is 23.4 Å². The maximum absolute atomic E-state index is 13.4. The first-order chi connectivity index (χ1) is 14.0. The van der Waals surface area contributed by atoms with Gasteiger partial charge in [0.25, 0.3) is 5.91 Å². The van der Waals surface area contributed by atoms with Crippen molar-refractivity contribution in [1.29, 1.82) is 0 Å². The highest BCUT2D eigenvalue weighted by Crippen LogP contribution is 2.27. The summed E-state index contributed by atoms with van der Waals surface area (Å²) in [6.07, 6.45) is 3.78. The van der Waals surface area contributed by atoms with Gasteiger partial charge in [-0.15, -0.1) is 0 Å². The average molecular weight is 395 g/mol. The van der Waals surface area contributed by atoms with Gasteiger partial charge in [0.1, 0.15) is 5.69 Å². The van der Waals surface area contributed by atoms with Crippen molar-refractivity contribution >= 4 is 22.8 Å². The molecule has 0 aliphatic carbocycles. The first-order valence-corrected chi connectivity index (χ1v) is 9.98. The van der Waals surface area contributed by atoms with E-state index in [1.807, 2.05) is 36.4 Å². The van der Waals surface area contributed by atoms with E-state index in [-0.39, 0.29) is 17.9 Å². The quantitative estimate of drug-likeness (QED) is 0.678. The summed E-state index contributed by atoms with van der Waals surface area (Å²) >= 11 is 0. The number of carbonyl (C=O) groups is 2. The summed E-state index contributed by atoms with van der Waals surface area (Å²) in [5.74, 6) is 0.662. The summed E-state index contributed by atoms with van der Waals surface area (Å²) < 4.78 is 7.33. The monoisotopic (exact) mass is 395 g/mol. The third kappa shape index (κ3) is 3.50. The Morgan fingerprint density at radius 2 is 1.90 bits per heavy atom. The Morgan fingerprint density at radius 1 is 1.17 bits per heavy atom. The number of amides is 2. The van der Waals surface area contributed by atoms with Crippen molar-refractivity contribution < 1.29 is 14.0 Å². The molecule has 8 nitrogen and oxygen atoms in total. The molecule has 1 saturated heterocycles. The number of nitrogens with zero attached hydrogens (tertiary/aromatic N) is 5. The minimum Gasteiger partial charge on any atom is -0.463 e. The molecular formula is C21H25N5O3. The van der Waals surface area contributed by atoms with Gasteiger partial charge < -0.3 is 14.2 Å². The van der Waals surface area contributed by atoms with Crippen LogP contribution in [0.25, 0.3) is 22.5 Å². The van der Waals surface area contributed by atoms with Crippen molar-refractivity contribution in [2.75, 3.05) is 26.2 Å². The Labute approximate surface area is 169 Å². The van der Waals surface area contributed by atoms with Gasteiger partial charge >= 0.3 is 0 Å². The van der Waals surface area contributed by atoms with Gasteiger partial charge in [-0.3, -0.25) is 9.59 Å². The minimum atomic E-state index is -0.0721. The Balaban J connectivity index is 1.71. The number of fused-ring (bicyclic) bond motifs is 1. The van der Waals surface area contributed by atoms with Crippen LogP contribution in [0.3, 0.4) is 0 Å². The van der Waals surface area contributed by atoms with E-state index >= 15 is 0 Å². The molecule has 4 rings (SSSR count). The van der Waals surface area contributed by atoms with E-state index in [2.05, 4.69) is 5.10 Å². The van der Waals surface area contributed by atoms with Gasteiger partial charge in [-0.2, -0.15) is 5.10 Å². The Kier molecular flexibility index (Phi) is 5.08. The molecule has 0 N–H and O–H groups in total. The lowest BCUT2D eigenvalue weighted by molar-refractivity contribution is -0.132. The van der Waals surface area contributed by atoms with Crippen LogP contribution in [0.5, 0.6) is 0 Å². The molecule has 8 heteroatoms. The van der Waals surface area contributed by atoms with E-state index in [4.69, 9.17) is 9.40 Å². The number of hydrogen-bond donors (Lipinski definition) is 0. The second-order valence-electron chi connectivity index (χ2n) is 7.48. The van der Waals surface area contributed by atoms with Crippen LogP contribution in [-0.4, -0.2) is 62.6 Å². The third-order valence-electron chi connectivity index (χ3n) is 5.28. The smallest absolute Gasteiger partial charge is 0.254 e. The molecule has 1 aliphatic rings. The van der Waals surface area contributed by atoms with Crippen LogP contribution in [0.15, 0.2) is 35.1 Å². The fourth-order valence-electron chi connectivity index (χ4n) is 3.68. The molecular weight excluding hydrogens is 370 g/mol. The lowest BCUT2D eigenvalue weighted by Gasteiger charge is -2.34. The molecule has 0 bridgehead atoms. The van der Waals surface area contributed by atoms with Crippen LogP contribution < -0.4 is 0 Å². The second kappa shape index (κ2) is 7.69. The molecule has 3 aromatic heterocycles. The van der Waals surface area contributed by atoms with Gasteiger partial charge in [0, 0.05) is 38.6 Å². The third-order valence-corrected chi connectivity index (χ3v) is 5.28. The lowest BCUT2D eigenvalue weighted by Crippen LogP contribution is -2.50. The van der Waals surface area contributed by atoms with Gasteiger partial charge in [0.2, 0.25) is 5.91 Å². The van der Waals surface area contributed by atoms with E-state index < -0.39 is 0 Å². The van der Waals surface area contributed by atoms with Gasteiger partial charge in [0.15, 0.2) is 11.4 Å². The Morgan fingerprint density at radius 3 is 2.52 bits per heavy atom. The SMILES string of the molecule is CCC(=O)N1CCN(C(=O)c2cc(-c3ccco3)nc3c2cnn3C(C)C)CC1. The molecule has 0 aromatic carbocycles. The summed E-state index contributed by atoms with van der Waals surface area (Å²) in [5, 5.41) is 5.18. The fraction of sp³-hybridized carbons (Fsp3) is 0.429. The zero-order valence-electron chi connectivity index (χ0n) is 17.0. The van der Waals surface area contributed by atoms with Crippen molar-refractivity contribution in [3.63, 3.8) is 0 Å². The molecule has 2 amide bonds. The summed E-state index contributed by atoms with van der Waals surface area (Å²) in [6.45, 7) is 8.06. The van der Waals surface area contributed by atoms with Crippen molar-refractivity contribution in [3.05, 3.63) is 36.2 Å². The van der Waals surface area contributed by atoms with Crippen LogP contribution in [-0.2, 0) is 4.79 Å². The van der Waals surface area contributed by atoms with Crippen LogP contribution in [0.2, 0.25) is 0 Å². The molecule has 1 fully saturated rings. The Hall–Kier alpha value is -3.16. The molecule has 0 radical (unpaired) electrons. The number of pyridine rings is 1. The number of hydrogen-bond acceptors (Lipinski definition) is 5. The van der Waals surface area contributed by atoms with Crippen LogP contribution in [0, 0.1) is 0 Å². The second-order valence-corrected chi connectivity index (χ2v) is 7.48. The first-order valence-electron chi connectivity index (χ1n) is 9.98. The molecule has 1 aliphatic heterocycles. The van der Waals surface area contributed by atoms with Crippen LogP contribution in [0.4, 0.5) is 0 Å². The molecule has 152 valence electrons. The maximum atomic E-state index is 13.4. The average Bonchev–Trinajstić information content (AvgIpc) is 3.42. The van der Waals surface area contributed by atoms with Crippen LogP contribution >= 0.6 is 0 Å². The zero-order chi connectivity index (χ0) is 20.5. The largest absolute Gasteiger partial charge is 0.463 e. The van der Waals surface area contributed by atoms with E-state index in [0.717, 1.165) is 5.39 Å². The van der Waals surface area contributed by atoms with Gasteiger partial charge in [-0.25, -0.2) is 9.67 Å². The topological polar surface area (TPSA) is 84.5 Å². The molecule has 0 atom stereocenters. The van der Waals surface area contributed by atoms with E-state index in [9.17, 15) is 9.59 Å². The molecule has 0 spiro atoms. The zero-order valence-corrected chi connectivity index (χ0v) is 17.0. The normalized spacial score (nSPS) is 14.8. The molecule has 0 saturated carbocycles. The lowest BCUT2D eigenvalue weighted by atomic mass is 10.1. The molecule has 29 heavy (non-hydrogen) atoms. The standard InChI is InChI=1S/C21H25N5O3/c1-4-19(27)24-7-9-25(10-8-24)21(28)15-12-17(18-6-5-11-29-18)23-20-16(15)13-22-26(20)14(2)3/h5-6,11-14H,4,7-10H2,1-3H3. The number of carbonyl (C=O) groups excluding carboxylic acids is 2. The highest BCUT2D eigenvalue weighted by atomic mass is 16.3. The highest BCUT2D eigenvalue weighted by Gasteiger charge is 2.27. The predicted molar refractivity (Wildman–Crippen MR) is 108 cm³/mol. The van der Waals surface area contributed by atoms with Crippen molar-refractivity contribution in [2.45, 2.75) is 33.2 Å². The molecule has 0 unspecified atom stereocenters. The molecule has 4 heterocycles. The predicted octanol–water partition coefficient (Wildman–Crippen LogP) is 2.97. The summed E-state index contributed by atoms with van der Waals surface area (Å²) in [7, 11) is 0. The number of furan rings is 1. The van der Waals surface area contributed by atoms with Crippen LogP contribution in [0.1, 0.15) is 43.6 Å². The van der Waals surface area contributed by atoms with Crippen molar-refractivity contribution in [1.82, 2.24) is 24.6 Å². The number of rotatable bonds is 4. The Bertz CT molecular complexity index is 1030. The van der Waals surface area contributed by atoms with E-state index in [1.165, 1.54) is 0 Å². The summed E-state index contributed by atoms with van der Waals surface area (Å²) in [5.41, 5.74) is 1.83.